The summed E-state index contributed by atoms with van der Waals surface area (Å²) < 4.78 is 0. The minimum atomic E-state index is 0.742. The highest BCUT2D eigenvalue weighted by molar-refractivity contribution is 5.85. The number of aromatic nitrogens is 2. The Morgan fingerprint density at radius 2 is 1.89 bits per heavy atom. The Balaban J connectivity index is 2.26. The minimum Gasteiger partial charge on any atom is -0.398 e. The number of hydrogen-bond acceptors (Lipinski definition) is 2. The number of para-hydroxylation sites is 1. The lowest BCUT2D eigenvalue weighted by Crippen LogP contribution is -1.90. The van der Waals surface area contributed by atoms with E-state index >= 15 is 0 Å². The van der Waals surface area contributed by atoms with Crippen LogP contribution < -0.4 is 5.73 Å². The number of nitrogens with one attached hydrogen (secondary N) is 1. The van der Waals surface area contributed by atoms with Gasteiger partial charge >= 0.3 is 0 Å². The molecule has 0 spiro atoms. The van der Waals surface area contributed by atoms with Crippen molar-refractivity contribution >= 4 is 16.7 Å². The van der Waals surface area contributed by atoms with Crippen molar-refractivity contribution in [3.63, 3.8) is 0 Å². The Kier molecular flexibility index (Phi) is 2.33. The molecule has 0 saturated heterocycles. The van der Waals surface area contributed by atoms with Crippen molar-refractivity contribution in [2.75, 3.05) is 5.73 Å². The SMILES string of the molecule is Cc1cc(C)c2nc(-c3ccccc3N)[nH]c2c1. The molecule has 0 saturated carbocycles. The Morgan fingerprint density at radius 3 is 2.67 bits per heavy atom. The molecule has 0 atom stereocenters. The molecule has 0 aliphatic rings. The number of H-pyrrole nitrogens is 1. The van der Waals surface area contributed by atoms with Crippen LogP contribution in [0.25, 0.3) is 22.4 Å². The lowest BCUT2D eigenvalue weighted by Gasteiger charge is -2.00. The van der Waals surface area contributed by atoms with E-state index in [0.717, 1.165) is 28.1 Å². The molecule has 0 fully saturated rings. The second kappa shape index (κ2) is 3.88. The molecule has 90 valence electrons. The molecule has 18 heavy (non-hydrogen) atoms. The first-order chi connectivity index (χ1) is 8.65. The van der Waals surface area contributed by atoms with Crippen molar-refractivity contribution in [2.45, 2.75) is 13.8 Å². The second-order valence-corrected chi connectivity index (χ2v) is 4.65. The molecule has 0 bridgehead atoms. The van der Waals surface area contributed by atoms with Gasteiger partial charge in [0.2, 0.25) is 0 Å². The van der Waals surface area contributed by atoms with Crippen molar-refractivity contribution in [3.05, 3.63) is 47.5 Å². The number of rotatable bonds is 1. The maximum Gasteiger partial charge on any atom is 0.140 e. The van der Waals surface area contributed by atoms with Crippen LogP contribution in [0.2, 0.25) is 0 Å². The molecule has 3 aromatic rings. The van der Waals surface area contributed by atoms with E-state index in [1.807, 2.05) is 24.3 Å². The fourth-order valence-electron chi connectivity index (χ4n) is 2.31. The summed E-state index contributed by atoms with van der Waals surface area (Å²) in [5, 5.41) is 0. The van der Waals surface area contributed by atoms with E-state index in [4.69, 9.17) is 5.73 Å². The number of hydrogen-bond donors (Lipinski definition) is 2. The Labute approximate surface area is 106 Å². The lowest BCUT2D eigenvalue weighted by molar-refractivity contribution is 1.33. The number of imidazole rings is 1. The van der Waals surface area contributed by atoms with Gasteiger partial charge in [-0.1, -0.05) is 18.2 Å². The van der Waals surface area contributed by atoms with Crippen LogP contribution in [0.15, 0.2) is 36.4 Å². The second-order valence-electron chi connectivity index (χ2n) is 4.65. The van der Waals surface area contributed by atoms with Crippen LogP contribution >= 0.6 is 0 Å². The van der Waals surface area contributed by atoms with E-state index in [2.05, 4.69) is 35.9 Å². The largest absolute Gasteiger partial charge is 0.398 e. The summed E-state index contributed by atoms with van der Waals surface area (Å²) in [7, 11) is 0. The predicted octanol–water partition coefficient (Wildman–Crippen LogP) is 3.43. The average molecular weight is 237 g/mol. The molecular weight excluding hydrogens is 222 g/mol. The third kappa shape index (κ3) is 1.64. The van der Waals surface area contributed by atoms with Gasteiger partial charge in [0.05, 0.1) is 11.0 Å². The van der Waals surface area contributed by atoms with Crippen LogP contribution in [-0.2, 0) is 0 Å². The number of nitrogens with two attached hydrogens (primary N) is 1. The molecule has 0 amide bonds. The van der Waals surface area contributed by atoms with E-state index in [0.29, 0.717) is 0 Å². The molecular formula is C15H15N3. The molecule has 3 N–H and O–H groups in total. The first kappa shape index (κ1) is 10.8. The van der Waals surface area contributed by atoms with Crippen molar-refractivity contribution in [2.24, 2.45) is 0 Å². The summed E-state index contributed by atoms with van der Waals surface area (Å²) >= 11 is 0. The maximum atomic E-state index is 5.98. The summed E-state index contributed by atoms with van der Waals surface area (Å²) in [5.41, 5.74) is 12.2. The van der Waals surface area contributed by atoms with Crippen LogP contribution in [0.3, 0.4) is 0 Å². The topological polar surface area (TPSA) is 54.7 Å². The Hall–Kier alpha value is -2.29. The van der Waals surface area contributed by atoms with Crippen molar-refractivity contribution in [1.82, 2.24) is 9.97 Å². The minimum absolute atomic E-state index is 0.742. The summed E-state index contributed by atoms with van der Waals surface area (Å²) in [4.78, 5) is 7.99. The first-order valence-corrected chi connectivity index (χ1v) is 5.97. The quantitative estimate of drug-likeness (QED) is 0.637. The number of fused-ring (bicyclic) bond motifs is 1. The lowest BCUT2D eigenvalue weighted by atomic mass is 10.1. The van der Waals surface area contributed by atoms with Gasteiger partial charge in [-0.05, 0) is 43.2 Å². The van der Waals surface area contributed by atoms with Crippen molar-refractivity contribution in [1.29, 1.82) is 0 Å². The van der Waals surface area contributed by atoms with Gasteiger partial charge in [-0.2, -0.15) is 0 Å². The van der Waals surface area contributed by atoms with Crippen molar-refractivity contribution < 1.29 is 0 Å². The molecule has 3 rings (SSSR count). The smallest absolute Gasteiger partial charge is 0.140 e. The van der Waals surface area contributed by atoms with Gasteiger partial charge in [0, 0.05) is 11.3 Å². The standard InChI is InChI=1S/C15H15N3/c1-9-7-10(2)14-13(8-9)17-15(18-14)11-5-3-4-6-12(11)16/h3-8H,16H2,1-2H3,(H,17,18). The fourth-order valence-corrected chi connectivity index (χ4v) is 2.31. The molecule has 3 nitrogen and oxygen atoms in total. The molecule has 0 aliphatic carbocycles. The third-order valence-corrected chi connectivity index (χ3v) is 3.14. The molecule has 3 heteroatoms. The highest BCUT2D eigenvalue weighted by Gasteiger charge is 2.09. The summed E-state index contributed by atoms with van der Waals surface area (Å²) in [5.74, 6) is 0.830. The number of aryl methyl sites for hydroxylation is 2. The highest BCUT2D eigenvalue weighted by Crippen LogP contribution is 2.27. The Bertz CT molecular complexity index is 726. The van der Waals surface area contributed by atoms with E-state index in [9.17, 15) is 0 Å². The van der Waals surface area contributed by atoms with E-state index in [1.165, 1.54) is 11.1 Å². The predicted molar refractivity (Wildman–Crippen MR) is 75.4 cm³/mol. The van der Waals surface area contributed by atoms with Gasteiger partial charge in [0.25, 0.3) is 0 Å². The van der Waals surface area contributed by atoms with Crippen LogP contribution in [0, 0.1) is 13.8 Å². The monoisotopic (exact) mass is 237 g/mol. The third-order valence-electron chi connectivity index (χ3n) is 3.14. The zero-order valence-corrected chi connectivity index (χ0v) is 10.5. The molecule has 2 aromatic carbocycles. The number of aromatic amines is 1. The van der Waals surface area contributed by atoms with Gasteiger partial charge < -0.3 is 10.7 Å². The zero-order chi connectivity index (χ0) is 12.7. The zero-order valence-electron chi connectivity index (χ0n) is 10.5. The fraction of sp³-hybridized carbons (Fsp3) is 0.133. The first-order valence-electron chi connectivity index (χ1n) is 5.97. The van der Waals surface area contributed by atoms with Gasteiger partial charge in [-0.3, -0.25) is 0 Å². The number of benzene rings is 2. The number of anilines is 1. The van der Waals surface area contributed by atoms with Crippen LogP contribution in [-0.4, -0.2) is 9.97 Å². The molecule has 0 radical (unpaired) electrons. The number of nitrogen functional groups attached to an aromatic ring is 1. The molecule has 0 unspecified atom stereocenters. The van der Waals surface area contributed by atoms with Crippen LogP contribution in [0.5, 0.6) is 0 Å². The van der Waals surface area contributed by atoms with E-state index in [1.54, 1.807) is 0 Å². The Morgan fingerprint density at radius 1 is 1.11 bits per heavy atom. The summed E-state index contributed by atoms with van der Waals surface area (Å²) in [6, 6.07) is 12.0. The van der Waals surface area contributed by atoms with Crippen LogP contribution in [0.4, 0.5) is 5.69 Å². The molecule has 1 heterocycles. The van der Waals surface area contributed by atoms with Crippen molar-refractivity contribution in [3.8, 4) is 11.4 Å². The average Bonchev–Trinajstić information content (AvgIpc) is 2.73. The van der Waals surface area contributed by atoms with E-state index in [-0.39, 0.29) is 0 Å². The maximum absolute atomic E-state index is 5.98. The summed E-state index contributed by atoms with van der Waals surface area (Å²) in [6.07, 6.45) is 0. The van der Waals surface area contributed by atoms with E-state index < -0.39 is 0 Å². The van der Waals surface area contributed by atoms with Gasteiger partial charge in [0.1, 0.15) is 5.82 Å². The normalized spacial score (nSPS) is 11.0. The molecule has 0 aliphatic heterocycles. The number of nitrogens with zero attached hydrogens (tertiary/aromatic N) is 1. The van der Waals surface area contributed by atoms with Crippen LogP contribution in [0.1, 0.15) is 11.1 Å². The summed E-state index contributed by atoms with van der Waals surface area (Å²) in [6.45, 7) is 4.16. The van der Waals surface area contributed by atoms with Gasteiger partial charge in [0.15, 0.2) is 0 Å². The molecule has 1 aromatic heterocycles. The van der Waals surface area contributed by atoms with Gasteiger partial charge in [-0.15, -0.1) is 0 Å². The highest BCUT2D eigenvalue weighted by atomic mass is 14.9. The van der Waals surface area contributed by atoms with Gasteiger partial charge in [-0.25, -0.2) is 4.98 Å².